The standard InChI is InChI=1S/C29H37BrN4O4/c1-17-25-22(18-6-9-36-10-7-18)5-8-31-27(25)32-24-12-19(11-23(30)26(24)37-17)20-13-33(14-20)21-15-34(16-21)28(35)38-29(2,3)4/h5,8,11-12,17-18,20-21H,6-7,9-10,13-16H2,1-4H3,(H,31,32). The molecule has 4 aliphatic rings. The maximum Gasteiger partial charge on any atom is 0.410 e. The van der Waals surface area contributed by atoms with Crippen molar-refractivity contribution in [1.29, 1.82) is 0 Å². The highest BCUT2D eigenvalue weighted by molar-refractivity contribution is 9.10. The van der Waals surface area contributed by atoms with Crippen LogP contribution >= 0.6 is 15.9 Å². The van der Waals surface area contributed by atoms with Gasteiger partial charge in [0.15, 0.2) is 5.75 Å². The molecule has 6 rings (SSSR count). The number of nitrogens with zero attached hydrogens (tertiary/aromatic N) is 3. The Labute approximate surface area is 233 Å². The van der Waals surface area contributed by atoms with Crippen molar-refractivity contribution >= 4 is 33.5 Å². The maximum atomic E-state index is 12.3. The van der Waals surface area contributed by atoms with Gasteiger partial charge in [-0.2, -0.15) is 0 Å². The molecule has 4 aliphatic heterocycles. The van der Waals surface area contributed by atoms with Gasteiger partial charge in [-0.25, -0.2) is 9.78 Å². The van der Waals surface area contributed by atoms with Gasteiger partial charge in [0, 0.05) is 63.1 Å². The molecular weight excluding hydrogens is 548 g/mol. The number of hydrogen-bond acceptors (Lipinski definition) is 7. The molecule has 1 aromatic carbocycles. The lowest BCUT2D eigenvalue weighted by atomic mass is 9.87. The second-order valence-electron chi connectivity index (χ2n) is 12.0. The van der Waals surface area contributed by atoms with Gasteiger partial charge in [-0.15, -0.1) is 0 Å². The molecule has 1 unspecified atom stereocenters. The molecule has 1 N–H and O–H groups in total. The first-order valence-corrected chi connectivity index (χ1v) is 14.5. The summed E-state index contributed by atoms with van der Waals surface area (Å²) in [6.07, 6.45) is 3.64. The SMILES string of the molecule is CC1Oc2c(Br)cc(C3CN(C4CN(C(=O)OC(C)(C)C)C4)C3)cc2Nc2nccc(C3CCOCC3)c21. The van der Waals surface area contributed by atoms with Gasteiger partial charge in [0.1, 0.15) is 17.5 Å². The van der Waals surface area contributed by atoms with Gasteiger partial charge in [-0.1, -0.05) is 0 Å². The van der Waals surface area contributed by atoms with E-state index in [1.807, 2.05) is 27.0 Å². The van der Waals surface area contributed by atoms with Gasteiger partial charge in [0.05, 0.1) is 10.2 Å². The minimum absolute atomic E-state index is 0.113. The zero-order valence-corrected chi connectivity index (χ0v) is 24.2. The second kappa shape index (κ2) is 9.99. The van der Waals surface area contributed by atoms with Gasteiger partial charge in [0.2, 0.25) is 0 Å². The van der Waals surface area contributed by atoms with Crippen molar-refractivity contribution in [3.63, 3.8) is 0 Å². The van der Waals surface area contributed by atoms with Gasteiger partial charge >= 0.3 is 6.09 Å². The van der Waals surface area contributed by atoms with E-state index in [0.29, 0.717) is 17.9 Å². The molecule has 204 valence electrons. The fourth-order valence-electron chi connectivity index (χ4n) is 5.99. The van der Waals surface area contributed by atoms with Crippen LogP contribution in [0.5, 0.6) is 5.75 Å². The molecule has 0 spiro atoms. The number of carbonyl (C=O) groups excluding carboxylic acids is 1. The van der Waals surface area contributed by atoms with Crippen molar-refractivity contribution in [3.05, 3.63) is 45.6 Å². The summed E-state index contributed by atoms with van der Waals surface area (Å²) in [5, 5.41) is 3.62. The molecule has 3 saturated heterocycles. The van der Waals surface area contributed by atoms with E-state index >= 15 is 0 Å². The largest absolute Gasteiger partial charge is 0.482 e. The number of carbonyl (C=O) groups is 1. The van der Waals surface area contributed by atoms with Gasteiger partial charge in [-0.05, 0) is 91.7 Å². The predicted molar refractivity (Wildman–Crippen MR) is 149 cm³/mol. The number of nitrogens with one attached hydrogen (secondary N) is 1. The zero-order chi connectivity index (χ0) is 26.6. The van der Waals surface area contributed by atoms with Crippen molar-refractivity contribution in [3.8, 4) is 5.75 Å². The number of halogens is 1. The molecule has 1 aromatic heterocycles. The quantitative estimate of drug-likeness (QED) is 0.477. The number of fused-ring (bicyclic) bond motifs is 2. The van der Waals surface area contributed by atoms with E-state index in [-0.39, 0.29) is 12.2 Å². The molecule has 9 heteroatoms. The van der Waals surface area contributed by atoms with Crippen LogP contribution in [0.1, 0.15) is 75.2 Å². The van der Waals surface area contributed by atoms with Crippen molar-refractivity contribution < 1.29 is 19.0 Å². The Bertz CT molecular complexity index is 1210. The second-order valence-corrected chi connectivity index (χ2v) is 12.9. The lowest BCUT2D eigenvalue weighted by Gasteiger charge is -2.51. The first kappa shape index (κ1) is 25.9. The number of pyridine rings is 1. The Balaban J connectivity index is 1.14. The molecule has 1 amide bonds. The zero-order valence-electron chi connectivity index (χ0n) is 22.6. The van der Waals surface area contributed by atoms with Crippen LogP contribution in [0.4, 0.5) is 16.3 Å². The van der Waals surface area contributed by atoms with E-state index in [9.17, 15) is 4.79 Å². The third-order valence-corrected chi connectivity index (χ3v) is 8.71. The molecule has 0 radical (unpaired) electrons. The Kier molecular flexibility index (Phi) is 6.81. The Morgan fingerprint density at radius 3 is 2.58 bits per heavy atom. The summed E-state index contributed by atoms with van der Waals surface area (Å²) in [5.74, 6) is 2.62. The Hall–Kier alpha value is -2.36. The number of likely N-dealkylation sites (tertiary alicyclic amines) is 2. The topological polar surface area (TPSA) is 76.2 Å². The van der Waals surface area contributed by atoms with Gasteiger partial charge in [-0.3, -0.25) is 4.90 Å². The number of benzene rings is 1. The molecule has 0 saturated carbocycles. The minimum atomic E-state index is -0.458. The van der Waals surface area contributed by atoms with Crippen LogP contribution < -0.4 is 10.1 Å². The lowest BCUT2D eigenvalue weighted by molar-refractivity contribution is -0.0338. The average Bonchev–Trinajstić information content (AvgIpc) is 2.95. The molecule has 3 fully saturated rings. The molecule has 0 bridgehead atoms. The fourth-order valence-corrected chi connectivity index (χ4v) is 6.56. The van der Waals surface area contributed by atoms with Crippen molar-refractivity contribution in [2.75, 3.05) is 44.7 Å². The lowest BCUT2D eigenvalue weighted by Crippen LogP contribution is -2.66. The number of ether oxygens (including phenoxy) is 3. The number of hydrogen-bond donors (Lipinski definition) is 1. The predicted octanol–water partition coefficient (Wildman–Crippen LogP) is 5.95. The summed E-state index contributed by atoms with van der Waals surface area (Å²) in [4.78, 5) is 21.3. The molecule has 0 aliphatic carbocycles. The third-order valence-electron chi connectivity index (χ3n) is 8.12. The third kappa shape index (κ3) is 5.00. The first-order valence-electron chi connectivity index (χ1n) is 13.7. The van der Waals surface area contributed by atoms with Crippen LogP contribution in [0.2, 0.25) is 0 Å². The number of rotatable bonds is 3. The minimum Gasteiger partial charge on any atom is -0.482 e. The van der Waals surface area contributed by atoms with E-state index in [1.54, 1.807) is 4.90 Å². The molecule has 8 nitrogen and oxygen atoms in total. The van der Waals surface area contributed by atoms with E-state index in [1.165, 1.54) is 11.1 Å². The summed E-state index contributed by atoms with van der Waals surface area (Å²) >= 11 is 3.80. The van der Waals surface area contributed by atoms with E-state index < -0.39 is 5.60 Å². The molecule has 38 heavy (non-hydrogen) atoms. The van der Waals surface area contributed by atoms with E-state index in [2.05, 4.69) is 51.3 Å². The number of amides is 1. The summed E-state index contributed by atoms with van der Waals surface area (Å²) < 4.78 is 18.6. The summed E-state index contributed by atoms with van der Waals surface area (Å²) in [6, 6.07) is 6.98. The Morgan fingerprint density at radius 2 is 1.87 bits per heavy atom. The van der Waals surface area contributed by atoms with Crippen molar-refractivity contribution in [2.45, 2.75) is 70.1 Å². The van der Waals surface area contributed by atoms with Crippen molar-refractivity contribution in [1.82, 2.24) is 14.8 Å². The van der Waals surface area contributed by atoms with Crippen LogP contribution in [0.25, 0.3) is 0 Å². The van der Waals surface area contributed by atoms with Crippen molar-refractivity contribution in [2.24, 2.45) is 0 Å². The Morgan fingerprint density at radius 1 is 1.13 bits per heavy atom. The molecule has 1 atom stereocenters. The summed E-state index contributed by atoms with van der Waals surface area (Å²) in [6.45, 7) is 12.9. The highest BCUT2D eigenvalue weighted by atomic mass is 79.9. The highest BCUT2D eigenvalue weighted by Crippen LogP contribution is 2.47. The molecular formula is C29H37BrN4O4. The van der Waals surface area contributed by atoms with Crippen LogP contribution in [-0.4, -0.2) is 71.9 Å². The highest BCUT2D eigenvalue weighted by Gasteiger charge is 2.42. The summed E-state index contributed by atoms with van der Waals surface area (Å²) in [5.41, 5.74) is 4.25. The van der Waals surface area contributed by atoms with Crippen LogP contribution in [0.3, 0.4) is 0 Å². The first-order chi connectivity index (χ1) is 18.2. The van der Waals surface area contributed by atoms with Gasteiger partial charge < -0.3 is 24.4 Å². The van der Waals surface area contributed by atoms with Crippen LogP contribution in [-0.2, 0) is 9.47 Å². The van der Waals surface area contributed by atoms with Gasteiger partial charge in [0.25, 0.3) is 0 Å². The maximum absolute atomic E-state index is 12.3. The monoisotopic (exact) mass is 584 g/mol. The fraction of sp³-hybridized carbons (Fsp3) is 0.586. The number of anilines is 2. The molecule has 5 heterocycles. The average molecular weight is 586 g/mol. The van der Waals surface area contributed by atoms with Crippen LogP contribution in [0.15, 0.2) is 28.9 Å². The van der Waals surface area contributed by atoms with E-state index in [0.717, 1.165) is 79.5 Å². The van der Waals surface area contributed by atoms with Crippen LogP contribution in [0, 0.1) is 0 Å². The number of aromatic nitrogens is 1. The summed E-state index contributed by atoms with van der Waals surface area (Å²) in [7, 11) is 0. The molecule has 2 aromatic rings. The van der Waals surface area contributed by atoms with E-state index in [4.69, 9.17) is 19.2 Å². The smallest absolute Gasteiger partial charge is 0.410 e. The normalized spacial score (nSPS) is 22.8.